The van der Waals surface area contributed by atoms with E-state index in [1.807, 2.05) is 56.0 Å². The maximum absolute atomic E-state index is 12.8. The van der Waals surface area contributed by atoms with E-state index in [1.54, 1.807) is 29.2 Å². The summed E-state index contributed by atoms with van der Waals surface area (Å²) in [5, 5.41) is 5.79. The second-order valence-electron chi connectivity index (χ2n) is 8.76. The number of nitrogens with zero attached hydrogens (tertiary/aromatic N) is 2. The second kappa shape index (κ2) is 9.75. The molecule has 1 aliphatic rings. The van der Waals surface area contributed by atoms with Crippen molar-refractivity contribution in [1.29, 1.82) is 0 Å². The lowest BCUT2D eigenvalue weighted by Gasteiger charge is -2.34. The topological polar surface area (TPSA) is 81.8 Å². The largest absolute Gasteiger partial charge is 0.347 e. The molecule has 7 heteroatoms. The number of para-hydroxylation sites is 1. The van der Waals surface area contributed by atoms with Crippen LogP contribution < -0.4 is 10.6 Å². The van der Waals surface area contributed by atoms with E-state index in [-0.39, 0.29) is 23.3 Å². The number of hydrogen-bond acceptors (Lipinski definition) is 4. The lowest BCUT2D eigenvalue weighted by Crippen LogP contribution is -2.50. The summed E-state index contributed by atoms with van der Waals surface area (Å²) in [5.74, 6) is -0.278. The third kappa shape index (κ3) is 6.65. The van der Waals surface area contributed by atoms with Crippen LogP contribution in [0.5, 0.6) is 0 Å². The van der Waals surface area contributed by atoms with Crippen molar-refractivity contribution in [1.82, 2.24) is 15.1 Å². The first-order valence-electron chi connectivity index (χ1n) is 10.5. The molecule has 0 saturated carbocycles. The van der Waals surface area contributed by atoms with E-state index in [9.17, 15) is 14.4 Å². The van der Waals surface area contributed by atoms with Gasteiger partial charge in [-0.15, -0.1) is 0 Å². The Kier molecular flexibility index (Phi) is 7.07. The van der Waals surface area contributed by atoms with E-state index >= 15 is 0 Å². The summed E-state index contributed by atoms with van der Waals surface area (Å²) >= 11 is 0. The highest BCUT2D eigenvalue weighted by molar-refractivity contribution is 5.98. The van der Waals surface area contributed by atoms with Gasteiger partial charge in [-0.25, -0.2) is 0 Å². The molecular formula is C24H30N4O3. The molecule has 2 aromatic carbocycles. The molecule has 1 heterocycles. The van der Waals surface area contributed by atoms with Crippen LogP contribution in [0.1, 0.15) is 41.5 Å². The average Bonchev–Trinajstić information content (AvgIpc) is 2.73. The summed E-state index contributed by atoms with van der Waals surface area (Å²) in [7, 11) is 0. The molecule has 7 nitrogen and oxygen atoms in total. The minimum Gasteiger partial charge on any atom is -0.347 e. The van der Waals surface area contributed by atoms with Crippen molar-refractivity contribution >= 4 is 23.4 Å². The number of amides is 3. The minimum atomic E-state index is -0.316. The average molecular weight is 423 g/mol. The molecule has 0 radical (unpaired) electrons. The lowest BCUT2D eigenvalue weighted by molar-refractivity contribution is -0.117. The number of nitrogens with one attached hydrogen (secondary N) is 2. The van der Waals surface area contributed by atoms with E-state index in [1.165, 1.54) is 0 Å². The zero-order valence-corrected chi connectivity index (χ0v) is 18.4. The van der Waals surface area contributed by atoms with E-state index in [0.29, 0.717) is 43.9 Å². The van der Waals surface area contributed by atoms with Crippen LogP contribution in [0, 0.1) is 0 Å². The van der Waals surface area contributed by atoms with Gasteiger partial charge in [0, 0.05) is 48.5 Å². The molecule has 1 fully saturated rings. The van der Waals surface area contributed by atoms with Gasteiger partial charge >= 0.3 is 0 Å². The van der Waals surface area contributed by atoms with Gasteiger partial charge in [0.05, 0.1) is 6.54 Å². The predicted molar refractivity (Wildman–Crippen MR) is 121 cm³/mol. The van der Waals surface area contributed by atoms with Crippen LogP contribution in [0.4, 0.5) is 5.69 Å². The Labute approximate surface area is 183 Å². The molecule has 0 bridgehead atoms. The summed E-state index contributed by atoms with van der Waals surface area (Å²) in [6.45, 7) is 8.47. The van der Waals surface area contributed by atoms with Crippen molar-refractivity contribution in [2.24, 2.45) is 0 Å². The quantitative estimate of drug-likeness (QED) is 0.776. The van der Waals surface area contributed by atoms with E-state index < -0.39 is 0 Å². The molecule has 0 unspecified atom stereocenters. The first kappa shape index (κ1) is 22.5. The van der Waals surface area contributed by atoms with Crippen LogP contribution in [-0.4, -0.2) is 65.8 Å². The maximum Gasteiger partial charge on any atom is 0.253 e. The zero-order chi connectivity index (χ0) is 22.4. The minimum absolute atomic E-state index is 0.0591. The lowest BCUT2D eigenvalue weighted by atomic mass is 10.1. The molecule has 3 amide bonds. The standard InChI is InChI=1S/C24H30N4O3/c1-24(2,3)26-22(30)18-9-11-19(12-10-18)23(31)28-15-13-27(14-16-28)17-21(29)25-20-7-5-4-6-8-20/h4-12H,13-17H2,1-3H3,(H,25,29)(H,26,30). The Morgan fingerprint density at radius 3 is 2.00 bits per heavy atom. The molecule has 2 N–H and O–H groups in total. The molecule has 1 aliphatic heterocycles. The molecule has 31 heavy (non-hydrogen) atoms. The zero-order valence-electron chi connectivity index (χ0n) is 18.4. The van der Waals surface area contributed by atoms with E-state index in [2.05, 4.69) is 10.6 Å². The number of hydrogen-bond donors (Lipinski definition) is 2. The molecule has 0 aliphatic carbocycles. The summed E-state index contributed by atoms with van der Waals surface area (Å²) in [6, 6.07) is 16.1. The fraction of sp³-hybridized carbons (Fsp3) is 0.375. The molecule has 1 saturated heterocycles. The molecule has 0 aromatic heterocycles. The van der Waals surface area contributed by atoms with Crippen LogP contribution >= 0.6 is 0 Å². The van der Waals surface area contributed by atoms with Gasteiger partial charge in [-0.2, -0.15) is 0 Å². The highest BCUT2D eigenvalue weighted by Gasteiger charge is 2.24. The highest BCUT2D eigenvalue weighted by atomic mass is 16.2. The highest BCUT2D eigenvalue weighted by Crippen LogP contribution is 2.12. The first-order chi connectivity index (χ1) is 14.7. The van der Waals surface area contributed by atoms with Crippen LogP contribution in [-0.2, 0) is 4.79 Å². The van der Waals surface area contributed by atoms with Gasteiger partial charge in [0.1, 0.15) is 0 Å². The van der Waals surface area contributed by atoms with Gasteiger partial charge in [-0.05, 0) is 57.2 Å². The number of anilines is 1. The SMILES string of the molecule is CC(C)(C)NC(=O)c1ccc(C(=O)N2CCN(CC(=O)Nc3ccccc3)CC2)cc1. The molecule has 3 rings (SSSR count). The van der Waals surface area contributed by atoms with Gasteiger partial charge in [0.2, 0.25) is 5.91 Å². The second-order valence-corrected chi connectivity index (χ2v) is 8.76. The monoisotopic (exact) mass is 422 g/mol. The number of piperazine rings is 1. The van der Waals surface area contributed by atoms with Crippen molar-refractivity contribution < 1.29 is 14.4 Å². The number of carbonyl (C=O) groups is 3. The maximum atomic E-state index is 12.8. The predicted octanol–water partition coefficient (Wildman–Crippen LogP) is 2.61. The number of rotatable bonds is 5. The number of carbonyl (C=O) groups excluding carboxylic acids is 3. The Balaban J connectivity index is 1.48. The van der Waals surface area contributed by atoms with E-state index in [4.69, 9.17) is 0 Å². The normalized spacial score (nSPS) is 14.7. The Morgan fingerprint density at radius 2 is 1.42 bits per heavy atom. The summed E-state index contributed by atoms with van der Waals surface area (Å²) in [6.07, 6.45) is 0. The first-order valence-corrected chi connectivity index (χ1v) is 10.5. The molecule has 2 aromatic rings. The fourth-order valence-electron chi connectivity index (χ4n) is 3.39. The van der Waals surface area contributed by atoms with Crippen molar-refractivity contribution in [3.8, 4) is 0 Å². The third-order valence-corrected chi connectivity index (χ3v) is 4.97. The van der Waals surface area contributed by atoms with Gasteiger partial charge in [-0.1, -0.05) is 18.2 Å². The third-order valence-electron chi connectivity index (χ3n) is 4.97. The Hall–Kier alpha value is -3.19. The van der Waals surface area contributed by atoms with Crippen LogP contribution in [0.2, 0.25) is 0 Å². The van der Waals surface area contributed by atoms with Crippen LogP contribution in [0.25, 0.3) is 0 Å². The van der Waals surface area contributed by atoms with Crippen molar-refractivity contribution in [2.75, 3.05) is 38.0 Å². The fourth-order valence-corrected chi connectivity index (χ4v) is 3.39. The Morgan fingerprint density at radius 1 is 0.839 bits per heavy atom. The number of benzene rings is 2. The molecule has 0 atom stereocenters. The van der Waals surface area contributed by atoms with Gasteiger partial charge < -0.3 is 15.5 Å². The van der Waals surface area contributed by atoms with E-state index in [0.717, 1.165) is 5.69 Å². The molecular weight excluding hydrogens is 392 g/mol. The van der Waals surface area contributed by atoms with Gasteiger partial charge in [0.25, 0.3) is 11.8 Å². The summed E-state index contributed by atoms with van der Waals surface area (Å²) < 4.78 is 0. The van der Waals surface area contributed by atoms with Crippen LogP contribution in [0.3, 0.4) is 0 Å². The van der Waals surface area contributed by atoms with Crippen molar-refractivity contribution in [2.45, 2.75) is 26.3 Å². The van der Waals surface area contributed by atoms with Gasteiger partial charge in [-0.3, -0.25) is 19.3 Å². The van der Waals surface area contributed by atoms with Crippen LogP contribution in [0.15, 0.2) is 54.6 Å². The Bertz CT molecular complexity index is 912. The smallest absolute Gasteiger partial charge is 0.253 e. The molecule has 164 valence electrons. The summed E-state index contributed by atoms with van der Waals surface area (Å²) in [5.41, 5.74) is 1.55. The molecule has 0 spiro atoms. The van der Waals surface area contributed by atoms with Crippen molar-refractivity contribution in [3.05, 3.63) is 65.7 Å². The van der Waals surface area contributed by atoms with Crippen molar-refractivity contribution in [3.63, 3.8) is 0 Å². The summed E-state index contributed by atoms with van der Waals surface area (Å²) in [4.78, 5) is 41.1. The van der Waals surface area contributed by atoms with Gasteiger partial charge in [0.15, 0.2) is 0 Å².